The molecule has 2 saturated heterocycles. The third-order valence-electron chi connectivity index (χ3n) is 6.93. The normalized spacial score (nSPS) is 23.3. The smallest absolute Gasteiger partial charge is 0.320 e. The number of carboxylic acids is 1. The van der Waals surface area contributed by atoms with Crippen LogP contribution in [0.2, 0.25) is 0 Å². The maximum atomic E-state index is 11.0. The molecule has 0 amide bonds. The van der Waals surface area contributed by atoms with Gasteiger partial charge < -0.3 is 20.1 Å². The summed E-state index contributed by atoms with van der Waals surface area (Å²) in [5.41, 5.74) is 3.86. The van der Waals surface area contributed by atoms with Gasteiger partial charge in [0.1, 0.15) is 6.04 Å². The van der Waals surface area contributed by atoms with Crippen LogP contribution in [-0.4, -0.2) is 61.9 Å². The van der Waals surface area contributed by atoms with Crippen LogP contribution in [0.1, 0.15) is 30.4 Å². The van der Waals surface area contributed by atoms with E-state index in [2.05, 4.69) is 83.8 Å². The van der Waals surface area contributed by atoms with E-state index in [0.29, 0.717) is 19.6 Å². The van der Waals surface area contributed by atoms with E-state index < -0.39 is 12.0 Å². The first-order valence-electron chi connectivity index (χ1n) is 11.1. The highest BCUT2D eigenvalue weighted by Crippen LogP contribution is 2.38. The molecule has 2 fully saturated rings. The van der Waals surface area contributed by atoms with Crippen LogP contribution in [-0.2, 0) is 21.7 Å². The van der Waals surface area contributed by atoms with Gasteiger partial charge in [-0.2, -0.15) is 0 Å². The van der Waals surface area contributed by atoms with E-state index in [1.165, 1.54) is 11.3 Å². The molecule has 166 valence electrons. The molecule has 0 unspecified atom stereocenters. The van der Waals surface area contributed by atoms with Gasteiger partial charge in [-0.15, -0.1) is 0 Å². The Bertz CT molecular complexity index is 861. The van der Waals surface area contributed by atoms with Crippen molar-refractivity contribution in [3.05, 3.63) is 65.7 Å². The van der Waals surface area contributed by atoms with E-state index >= 15 is 0 Å². The molecule has 2 aliphatic heterocycles. The summed E-state index contributed by atoms with van der Waals surface area (Å²) in [5, 5.41) is 12.1. The molecular weight excluding hydrogens is 390 g/mol. The largest absolute Gasteiger partial charge is 0.480 e. The average molecular weight is 424 g/mol. The Morgan fingerprint density at radius 2 is 1.81 bits per heavy atom. The Labute approximate surface area is 184 Å². The molecule has 0 radical (unpaired) electrons. The lowest BCUT2D eigenvalue weighted by molar-refractivity contribution is -0.139. The molecule has 2 heterocycles. The van der Waals surface area contributed by atoms with Crippen molar-refractivity contribution in [2.75, 3.05) is 38.6 Å². The lowest BCUT2D eigenvalue weighted by Gasteiger charge is -2.47. The minimum absolute atomic E-state index is 0.0417. The van der Waals surface area contributed by atoms with Gasteiger partial charge in [0.15, 0.2) is 0 Å². The second-order valence-corrected chi connectivity index (χ2v) is 8.91. The quantitative estimate of drug-likeness (QED) is 0.714. The van der Waals surface area contributed by atoms with Crippen LogP contribution >= 0.6 is 0 Å². The highest BCUT2D eigenvalue weighted by atomic mass is 16.5. The predicted molar refractivity (Wildman–Crippen MR) is 122 cm³/mol. The molecule has 2 N–H and O–H groups in total. The van der Waals surface area contributed by atoms with Gasteiger partial charge in [-0.25, -0.2) is 0 Å². The molecule has 4 rings (SSSR count). The van der Waals surface area contributed by atoms with Gasteiger partial charge in [0.2, 0.25) is 0 Å². The minimum Gasteiger partial charge on any atom is -0.480 e. The number of hydrogen-bond acceptors (Lipinski definition) is 5. The summed E-state index contributed by atoms with van der Waals surface area (Å²) in [4.78, 5) is 15.9. The molecule has 0 spiro atoms. The number of nitrogens with one attached hydrogen (secondary N) is 1. The summed E-state index contributed by atoms with van der Waals surface area (Å²) in [6.07, 6.45) is 2.67. The van der Waals surface area contributed by atoms with Gasteiger partial charge in [-0.1, -0.05) is 42.5 Å². The summed E-state index contributed by atoms with van der Waals surface area (Å²) in [5.74, 6) is -0.803. The fourth-order valence-corrected chi connectivity index (χ4v) is 4.91. The Morgan fingerprint density at radius 3 is 2.39 bits per heavy atom. The Morgan fingerprint density at radius 1 is 1.13 bits per heavy atom. The van der Waals surface area contributed by atoms with E-state index in [-0.39, 0.29) is 11.6 Å². The average Bonchev–Trinajstić information content (AvgIpc) is 3.28. The number of benzene rings is 2. The van der Waals surface area contributed by atoms with Crippen molar-refractivity contribution in [1.29, 1.82) is 0 Å². The van der Waals surface area contributed by atoms with Crippen LogP contribution in [0.25, 0.3) is 0 Å². The Hall–Kier alpha value is -2.41. The van der Waals surface area contributed by atoms with E-state index in [1.54, 1.807) is 0 Å². The van der Waals surface area contributed by atoms with E-state index in [0.717, 1.165) is 31.5 Å². The molecule has 2 atom stereocenters. The zero-order chi connectivity index (χ0) is 21.8. The second-order valence-electron chi connectivity index (χ2n) is 8.91. The van der Waals surface area contributed by atoms with Gasteiger partial charge in [0, 0.05) is 37.3 Å². The van der Waals surface area contributed by atoms with Gasteiger partial charge in [-0.3, -0.25) is 9.69 Å². The van der Waals surface area contributed by atoms with E-state index in [9.17, 15) is 4.79 Å². The molecule has 2 aromatic rings. The summed E-state index contributed by atoms with van der Waals surface area (Å²) in [6, 6.07) is 19.0. The third-order valence-corrected chi connectivity index (χ3v) is 6.93. The third kappa shape index (κ3) is 4.76. The molecule has 0 aromatic heterocycles. The highest BCUT2D eigenvalue weighted by Gasteiger charge is 2.38. The first kappa shape index (κ1) is 21.8. The molecule has 0 aliphatic carbocycles. The lowest BCUT2D eigenvalue weighted by Crippen LogP contribution is -2.50. The SMILES string of the molecule is CN(C)C1(c2ccccc2)CCN(c2ccc(CO[C@@H]3CN[C@H](C(=O)O)C3)cc2)CC1. The minimum atomic E-state index is -0.803. The van der Waals surface area contributed by atoms with Crippen LogP contribution < -0.4 is 10.2 Å². The fraction of sp³-hybridized carbons (Fsp3) is 0.480. The first-order valence-corrected chi connectivity index (χ1v) is 11.1. The number of nitrogens with zero attached hydrogens (tertiary/aromatic N) is 2. The van der Waals surface area contributed by atoms with Crippen molar-refractivity contribution >= 4 is 11.7 Å². The lowest BCUT2D eigenvalue weighted by atomic mass is 9.79. The van der Waals surface area contributed by atoms with Crippen molar-refractivity contribution in [3.63, 3.8) is 0 Å². The molecule has 31 heavy (non-hydrogen) atoms. The number of anilines is 1. The fourth-order valence-electron chi connectivity index (χ4n) is 4.91. The first-order chi connectivity index (χ1) is 15.0. The van der Waals surface area contributed by atoms with Crippen molar-refractivity contribution in [3.8, 4) is 0 Å². The van der Waals surface area contributed by atoms with E-state index in [4.69, 9.17) is 9.84 Å². The van der Waals surface area contributed by atoms with Crippen molar-refractivity contribution < 1.29 is 14.6 Å². The molecule has 6 nitrogen and oxygen atoms in total. The molecule has 2 aliphatic rings. The van der Waals surface area contributed by atoms with E-state index in [1.807, 2.05) is 0 Å². The summed E-state index contributed by atoms with van der Waals surface area (Å²) < 4.78 is 5.91. The number of carbonyl (C=O) groups is 1. The van der Waals surface area contributed by atoms with Crippen molar-refractivity contribution in [2.45, 2.75) is 43.6 Å². The maximum Gasteiger partial charge on any atom is 0.320 e. The number of ether oxygens (including phenoxy) is 1. The number of aliphatic carboxylic acids is 1. The topological polar surface area (TPSA) is 65.0 Å². The zero-order valence-corrected chi connectivity index (χ0v) is 18.5. The molecule has 6 heteroatoms. The van der Waals surface area contributed by atoms with Crippen LogP contribution in [0.5, 0.6) is 0 Å². The molecule has 0 saturated carbocycles. The molecular formula is C25H33N3O3. The number of carboxylic acid groups (broad SMARTS) is 1. The van der Waals surface area contributed by atoms with Crippen LogP contribution in [0, 0.1) is 0 Å². The van der Waals surface area contributed by atoms with Crippen LogP contribution in [0.15, 0.2) is 54.6 Å². The Kier molecular flexibility index (Phi) is 6.60. The predicted octanol–water partition coefficient (Wildman–Crippen LogP) is 3.08. The van der Waals surface area contributed by atoms with Gasteiger partial charge in [0.25, 0.3) is 0 Å². The number of rotatable bonds is 7. The van der Waals surface area contributed by atoms with Gasteiger partial charge in [-0.05, 0) is 50.2 Å². The summed E-state index contributed by atoms with van der Waals surface area (Å²) in [7, 11) is 4.38. The standard InChI is InChI=1S/C25H33N3O3/c1-27(2)25(20-6-4-3-5-7-20)12-14-28(15-13-25)21-10-8-19(9-11-21)18-31-22-16-23(24(29)30)26-17-22/h3-11,22-23,26H,12-18H2,1-2H3,(H,29,30)/t22-,23-/m0/s1. The van der Waals surface area contributed by atoms with Crippen molar-refractivity contribution in [1.82, 2.24) is 10.2 Å². The zero-order valence-electron chi connectivity index (χ0n) is 18.5. The van der Waals surface area contributed by atoms with Gasteiger partial charge in [0.05, 0.1) is 12.7 Å². The number of piperidine rings is 1. The molecule has 0 bridgehead atoms. The van der Waals surface area contributed by atoms with Crippen molar-refractivity contribution in [2.24, 2.45) is 0 Å². The monoisotopic (exact) mass is 423 g/mol. The highest BCUT2D eigenvalue weighted by molar-refractivity contribution is 5.73. The second kappa shape index (κ2) is 9.39. The Balaban J connectivity index is 1.33. The van der Waals surface area contributed by atoms with Gasteiger partial charge >= 0.3 is 5.97 Å². The van der Waals surface area contributed by atoms with Crippen LogP contribution in [0.3, 0.4) is 0 Å². The summed E-state index contributed by atoms with van der Waals surface area (Å²) >= 11 is 0. The maximum absolute atomic E-state index is 11.0. The summed E-state index contributed by atoms with van der Waals surface area (Å²) in [6.45, 7) is 3.15. The molecule has 2 aromatic carbocycles. The van der Waals surface area contributed by atoms with Crippen LogP contribution in [0.4, 0.5) is 5.69 Å². The number of hydrogen-bond donors (Lipinski definition) is 2.